The van der Waals surface area contributed by atoms with E-state index in [0.717, 1.165) is 18.5 Å². The van der Waals surface area contributed by atoms with E-state index in [9.17, 15) is 18.8 Å². The van der Waals surface area contributed by atoms with Crippen molar-refractivity contribution in [3.8, 4) is 22.6 Å². The number of hydrogen-bond acceptors (Lipinski definition) is 6. The van der Waals surface area contributed by atoms with Crippen LogP contribution < -0.4 is 25.8 Å². The number of benzene rings is 3. The van der Waals surface area contributed by atoms with Crippen LogP contribution in [0.1, 0.15) is 52.0 Å². The number of nitrogens with two attached hydrogens (primary N) is 1. The summed E-state index contributed by atoms with van der Waals surface area (Å²) in [4.78, 5) is 42.6. The lowest BCUT2D eigenvalue weighted by Crippen LogP contribution is -2.35. The molecule has 2 aliphatic rings. The Morgan fingerprint density at radius 2 is 1.84 bits per heavy atom. The number of rotatable bonds is 9. The Labute approximate surface area is 247 Å². The molecule has 1 saturated carbocycles. The number of fused-ring (bicyclic) bond motifs is 1. The summed E-state index contributed by atoms with van der Waals surface area (Å²) in [5.74, 6) is -1.47. The number of carbonyl (C=O) groups excluding carboxylic acids is 3. The SMILES string of the molecule is CNC(=O)C1c2cc(-c3cc(C(=O)NC4(c5ccccn5)CC4)ccc3OCC(N)=O)ccc2OC1c1ccc(F)cc1. The molecule has 1 aromatic heterocycles. The molecule has 3 amide bonds. The van der Waals surface area contributed by atoms with E-state index in [-0.39, 0.29) is 18.4 Å². The Morgan fingerprint density at radius 1 is 1.05 bits per heavy atom. The molecule has 1 aliphatic carbocycles. The number of likely N-dealkylation sites (N-methyl/N-ethyl adjacent to an activating group) is 1. The van der Waals surface area contributed by atoms with Gasteiger partial charge in [-0.2, -0.15) is 0 Å². The van der Waals surface area contributed by atoms with Gasteiger partial charge in [-0.05, 0) is 78.6 Å². The van der Waals surface area contributed by atoms with E-state index in [1.807, 2.05) is 24.3 Å². The smallest absolute Gasteiger partial charge is 0.255 e. The van der Waals surface area contributed by atoms with Gasteiger partial charge in [0.05, 0.1) is 11.2 Å². The van der Waals surface area contributed by atoms with Crippen LogP contribution in [0.4, 0.5) is 4.39 Å². The third kappa shape index (κ3) is 5.51. The van der Waals surface area contributed by atoms with Gasteiger partial charge in [0, 0.05) is 29.9 Å². The summed E-state index contributed by atoms with van der Waals surface area (Å²) < 4.78 is 25.5. The molecule has 0 radical (unpaired) electrons. The molecule has 218 valence electrons. The third-order valence-electron chi connectivity index (χ3n) is 7.81. The zero-order chi connectivity index (χ0) is 30.1. The van der Waals surface area contributed by atoms with Crippen molar-refractivity contribution in [3.63, 3.8) is 0 Å². The second kappa shape index (κ2) is 11.2. The number of ether oxygens (including phenoxy) is 2. The third-order valence-corrected chi connectivity index (χ3v) is 7.81. The van der Waals surface area contributed by atoms with Gasteiger partial charge in [0.25, 0.3) is 11.8 Å². The molecule has 1 aliphatic heterocycles. The molecular weight excluding hydrogens is 551 g/mol. The molecule has 0 bridgehead atoms. The highest BCUT2D eigenvalue weighted by Gasteiger charge is 2.47. The summed E-state index contributed by atoms with van der Waals surface area (Å²) in [7, 11) is 1.54. The number of nitrogens with one attached hydrogen (secondary N) is 2. The number of pyridine rings is 1. The van der Waals surface area contributed by atoms with Crippen LogP contribution in [0.25, 0.3) is 11.1 Å². The molecule has 6 rings (SSSR count). The predicted octanol–water partition coefficient (Wildman–Crippen LogP) is 4.13. The van der Waals surface area contributed by atoms with Gasteiger partial charge >= 0.3 is 0 Å². The van der Waals surface area contributed by atoms with Gasteiger partial charge in [-0.3, -0.25) is 19.4 Å². The first-order chi connectivity index (χ1) is 20.8. The Bertz CT molecular complexity index is 1710. The van der Waals surface area contributed by atoms with Crippen LogP contribution >= 0.6 is 0 Å². The minimum absolute atomic E-state index is 0.271. The minimum Gasteiger partial charge on any atom is -0.484 e. The lowest BCUT2D eigenvalue weighted by Gasteiger charge is -2.19. The highest BCUT2D eigenvalue weighted by Crippen LogP contribution is 2.48. The van der Waals surface area contributed by atoms with Crippen LogP contribution in [-0.4, -0.2) is 36.4 Å². The van der Waals surface area contributed by atoms with Crippen molar-refractivity contribution in [2.24, 2.45) is 5.73 Å². The quantitative estimate of drug-likeness (QED) is 0.273. The van der Waals surface area contributed by atoms with Crippen molar-refractivity contribution >= 4 is 17.7 Å². The molecular formula is C33H29FN4O5. The van der Waals surface area contributed by atoms with Crippen LogP contribution in [0.3, 0.4) is 0 Å². The average molecular weight is 581 g/mol. The second-order valence-electron chi connectivity index (χ2n) is 10.7. The predicted molar refractivity (Wildman–Crippen MR) is 156 cm³/mol. The fourth-order valence-electron chi connectivity index (χ4n) is 5.46. The van der Waals surface area contributed by atoms with E-state index in [0.29, 0.717) is 39.3 Å². The molecule has 2 atom stereocenters. The van der Waals surface area contributed by atoms with Crippen LogP contribution in [0.2, 0.25) is 0 Å². The first kappa shape index (κ1) is 27.9. The molecule has 3 aromatic carbocycles. The molecule has 0 saturated heterocycles. The minimum atomic E-state index is -0.722. The number of amides is 3. The topological polar surface area (TPSA) is 133 Å². The van der Waals surface area contributed by atoms with Gasteiger partial charge in [0.2, 0.25) is 5.91 Å². The summed E-state index contributed by atoms with van der Waals surface area (Å²) >= 11 is 0. The van der Waals surface area contributed by atoms with Gasteiger partial charge in [0.1, 0.15) is 29.3 Å². The highest BCUT2D eigenvalue weighted by molar-refractivity contribution is 5.97. The van der Waals surface area contributed by atoms with Crippen molar-refractivity contribution in [1.82, 2.24) is 15.6 Å². The molecule has 0 spiro atoms. The number of aromatic nitrogens is 1. The maximum atomic E-state index is 13.6. The molecule has 2 heterocycles. The van der Waals surface area contributed by atoms with Crippen molar-refractivity contribution < 1.29 is 28.2 Å². The zero-order valence-electron chi connectivity index (χ0n) is 23.3. The first-order valence-electron chi connectivity index (χ1n) is 13.9. The molecule has 1 fully saturated rings. The lowest BCUT2D eigenvalue weighted by molar-refractivity contribution is -0.123. The van der Waals surface area contributed by atoms with Gasteiger partial charge in [0.15, 0.2) is 6.61 Å². The van der Waals surface area contributed by atoms with Crippen LogP contribution in [-0.2, 0) is 15.1 Å². The molecule has 9 nitrogen and oxygen atoms in total. The zero-order valence-corrected chi connectivity index (χ0v) is 23.3. The summed E-state index contributed by atoms with van der Waals surface area (Å²) in [5.41, 5.74) is 8.45. The standard InChI is InChI=1S/C33H29FN4O5/c1-36-32(41)29-24-16-20(7-12-26(24)43-30(29)19-5-9-22(34)10-6-19)23-17-21(8-11-25(23)42-18-28(35)39)31(40)38-33(13-14-33)27-4-2-3-15-37-27/h2-12,15-17,29-30H,13-14,18H2,1H3,(H2,35,39)(H,36,41)(H,38,40). The first-order valence-corrected chi connectivity index (χ1v) is 13.9. The van der Waals surface area contributed by atoms with E-state index in [2.05, 4.69) is 15.6 Å². The van der Waals surface area contributed by atoms with Gasteiger partial charge in [-0.25, -0.2) is 4.39 Å². The van der Waals surface area contributed by atoms with Crippen LogP contribution in [0.15, 0.2) is 85.1 Å². The fraction of sp³-hybridized carbons (Fsp3) is 0.212. The second-order valence-corrected chi connectivity index (χ2v) is 10.7. The lowest BCUT2D eigenvalue weighted by atomic mass is 9.88. The van der Waals surface area contributed by atoms with Crippen molar-refractivity contribution in [2.75, 3.05) is 13.7 Å². The Kier molecular flexibility index (Phi) is 7.27. The Hall–Kier alpha value is -5.25. The van der Waals surface area contributed by atoms with Crippen LogP contribution in [0.5, 0.6) is 11.5 Å². The van der Waals surface area contributed by atoms with E-state index >= 15 is 0 Å². The molecule has 4 aromatic rings. The van der Waals surface area contributed by atoms with Gasteiger partial charge in [-0.15, -0.1) is 0 Å². The monoisotopic (exact) mass is 580 g/mol. The summed E-state index contributed by atoms with van der Waals surface area (Å²) in [5, 5.41) is 5.83. The van der Waals surface area contributed by atoms with Crippen LogP contribution in [0, 0.1) is 5.82 Å². The fourth-order valence-corrected chi connectivity index (χ4v) is 5.46. The van der Waals surface area contributed by atoms with Gasteiger partial charge < -0.3 is 25.8 Å². The van der Waals surface area contributed by atoms with E-state index in [4.69, 9.17) is 15.2 Å². The normalized spacial score (nSPS) is 17.7. The summed E-state index contributed by atoms with van der Waals surface area (Å²) in [6.07, 6.45) is 2.59. The Morgan fingerprint density at radius 3 is 2.51 bits per heavy atom. The number of primary amides is 1. The Balaban J connectivity index is 1.37. The molecule has 2 unspecified atom stereocenters. The van der Waals surface area contributed by atoms with Crippen molar-refractivity contribution in [3.05, 3.63) is 113 Å². The molecule has 43 heavy (non-hydrogen) atoms. The highest BCUT2D eigenvalue weighted by atomic mass is 19.1. The summed E-state index contributed by atoms with van der Waals surface area (Å²) in [6.45, 7) is -0.358. The number of halogens is 1. The van der Waals surface area contributed by atoms with Gasteiger partial charge in [-0.1, -0.05) is 24.3 Å². The van der Waals surface area contributed by atoms with E-state index in [1.165, 1.54) is 12.1 Å². The van der Waals surface area contributed by atoms with E-state index < -0.39 is 29.3 Å². The average Bonchev–Trinajstić information content (AvgIpc) is 3.71. The summed E-state index contributed by atoms with van der Waals surface area (Å²) in [6, 6.07) is 21.7. The molecule has 10 heteroatoms. The maximum Gasteiger partial charge on any atom is 0.255 e. The number of carbonyl (C=O) groups is 3. The van der Waals surface area contributed by atoms with Crippen molar-refractivity contribution in [1.29, 1.82) is 0 Å². The van der Waals surface area contributed by atoms with E-state index in [1.54, 1.807) is 55.7 Å². The number of nitrogens with zero attached hydrogens (tertiary/aromatic N) is 1. The number of hydrogen-bond donors (Lipinski definition) is 3. The van der Waals surface area contributed by atoms with Crippen molar-refractivity contribution in [2.45, 2.75) is 30.4 Å². The largest absolute Gasteiger partial charge is 0.484 e. The molecule has 4 N–H and O–H groups in total. The maximum absolute atomic E-state index is 13.6.